The smallest absolute Gasteiger partial charge is 0.264 e. The maximum Gasteiger partial charge on any atom is 0.264 e. The Bertz CT molecular complexity index is 1030. The number of nitrogens with zero attached hydrogens (tertiary/aromatic N) is 2. The lowest BCUT2D eigenvalue weighted by molar-refractivity contribution is 0.103. The molecule has 0 fully saturated rings. The van der Waals surface area contributed by atoms with Gasteiger partial charge in [-0.3, -0.25) is 4.79 Å². The summed E-state index contributed by atoms with van der Waals surface area (Å²) in [6.07, 6.45) is 0. The molecule has 4 aromatic rings. The van der Waals surface area contributed by atoms with E-state index in [1.54, 1.807) is 36.4 Å². The quantitative estimate of drug-likeness (QED) is 0.474. The van der Waals surface area contributed by atoms with E-state index in [9.17, 15) is 4.79 Å². The van der Waals surface area contributed by atoms with Crippen molar-refractivity contribution in [1.29, 1.82) is 0 Å². The van der Waals surface area contributed by atoms with Gasteiger partial charge in [-0.1, -0.05) is 65.8 Å². The van der Waals surface area contributed by atoms with Gasteiger partial charge in [-0.25, -0.2) is 0 Å². The molecule has 0 spiro atoms. The summed E-state index contributed by atoms with van der Waals surface area (Å²) >= 11 is 0. The summed E-state index contributed by atoms with van der Waals surface area (Å²) in [5.74, 6) is 1.52. The van der Waals surface area contributed by atoms with Gasteiger partial charge in [-0.15, -0.1) is 0 Å². The average molecular weight is 356 g/mol. The van der Waals surface area contributed by atoms with Gasteiger partial charge < -0.3 is 9.26 Å². The van der Waals surface area contributed by atoms with Crippen molar-refractivity contribution >= 4 is 5.78 Å². The number of carbonyl (C=O) groups is 1. The molecule has 0 saturated carbocycles. The van der Waals surface area contributed by atoms with Gasteiger partial charge in [0.15, 0.2) is 12.4 Å². The van der Waals surface area contributed by atoms with Gasteiger partial charge in [0.05, 0.1) is 0 Å². The molecule has 0 atom stereocenters. The zero-order valence-electron chi connectivity index (χ0n) is 14.4. The summed E-state index contributed by atoms with van der Waals surface area (Å²) in [7, 11) is 0. The fourth-order valence-corrected chi connectivity index (χ4v) is 2.62. The monoisotopic (exact) mass is 356 g/mol. The van der Waals surface area contributed by atoms with Crippen LogP contribution in [0.4, 0.5) is 0 Å². The van der Waals surface area contributed by atoms with E-state index in [0.717, 1.165) is 5.56 Å². The van der Waals surface area contributed by atoms with Crippen molar-refractivity contribution < 1.29 is 14.1 Å². The lowest BCUT2D eigenvalue weighted by Crippen LogP contribution is -2.01. The molecule has 0 aliphatic carbocycles. The number of benzene rings is 3. The van der Waals surface area contributed by atoms with Crippen LogP contribution in [0.15, 0.2) is 89.5 Å². The minimum Gasteiger partial charge on any atom is -0.484 e. The highest BCUT2D eigenvalue weighted by atomic mass is 16.5. The number of ketones is 1. The van der Waals surface area contributed by atoms with Crippen LogP contribution in [0.1, 0.15) is 21.8 Å². The van der Waals surface area contributed by atoms with Gasteiger partial charge in [0.2, 0.25) is 5.82 Å². The van der Waals surface area contributed by atoms with Crippen LogP contribution in [0.2, 0.25) is 0 Å². The molecular weight excluding hydrogens is 340 g/mol. The maximum absolute atomic E-state index is 12.4. The molecule has 3 aromatic carbocycles. The Morgan fingerprint density at radius 2 is 1.44 bits per heavy atom. The largest absolute Gasteiger partial charge is 0.484 e. The summed E-state index contributed by atoms with van der Waals surface area (Å²) in [5, 5.41) is 3.96. The number of carbonyl (C=O) groups excluding carboxylic acids is 1. The highest BCUT2D eigenvalue weighted by Crippen LogP contribution is 2.18. The molecule has 1 aromatic heterocycles. The minimum atomic E-state index is -0.0217. The van der Waals surface area contributed by atoms with Crippen LogP contribution in [0, 0.1) is 0 Å². The van der Waals surface area contributed by atoms with Crippen LogP contribution in [0.25, 0.3) is 11.4 Å². The fourth-order valence-electron chi connectivity index (χ4n) is 2.62. The molecule has 27 heavy (non-hydrogen) atoms. The molecule has 0 radical (unpaired) electrons. The standard InChI is InChI=1S/C22H16N2O3/c25-21(16-7-3-1-4-8-16)17-11-13-19(14-12-17)26-15-20-23-22(24-27-20)18-9-5-2-6-10-18/h1-14H,15H2. The topological polar surface area (TPSA) is 65.2 Å². The molecule has 5 heteroatoms. The first-order chi connectivity index (χ1) is 13.3. The number of aromatic nitrogens is 2. The summed E-state index contributed by atoms with van der Waals surface area (Å²) in [6.45, 7) is 0.159. The Labute approximate surface area is 156 Å². The summed E-state index contributed by atoms with van der Waals surface area (Å²) in [5.41, 5.74) is 2.15. The molecule has 0 amide bonds. The van der Waals surface area contributed by atoms with Gasteiger partial charge >= 0.3 is 0 Å². The van der Waals surface area contributed by atoms with Gasteiger partial charge in [-0.2, -0.15) is 4.98 Å². The first kappa shape index (κ1) is 16.7. The van der Waals surface area contributed by atoms with E-state index in [1.807, 2.05) is 48.5 Å². The Kier molecular flexibility index (Phi) is 4.74. The number of hydrogen-bond acceptors (Lipinski definition) is 5. The van der Waals surface area contributed by atoms with Crippen LogP contribution >= 0.6 is 0 Å². The molecule has 0 aliphatic rings. The van der Waals surface area contributed by atoms with E-state index in [2.05, 4.69) is 10.1 Å². The van der Waals surface area contributed by atoms with Crippen LogP contribution in [0.3, 0.4) is 0 Å². The van der Waals surface area contributed by atoms with E-state index in [0.29, 0.717) is 28.6 Å². The molecule has 0 N–H and O–H groups in total. The van der Waals surface area contributed by atoms with Crippen LogP contribution in [-0.2, 0) is 6.61 Å². The van der Waals surface area contributed by atoms with Gasteiger partial charge in [0, 0.05) is 16.7 Å². The Hall–Kier alpha value is -3.73. The van der Waals surface area contributed by atoms with E-state index in [-0.39, 0.29) is 12.4 Å². The first-order valence-corrected chi connectivity index (χ1v) is 8.50. The van der Waals surface area contributed by atoms with Crippen molar-refractivity contribution in [3.8, 4) is 17.1 Å². The summed E-state index contributed by atoms with van der Waals surface area (Å²) in [6, 6.07) is 25.8. The second kappa shape index (κ2) is 7.66. The lowest BCUT2D eigenvalue weighted by Gasteiger charge is -2.05. The highest BCUT2D eigenvalue weighted by molar-refractivity contribution is 6.08. The van der Waals surface area contributed by atoms with Crippen LogP contribution in [-0.4, -0.2) is 15.9 Å². The SMILES string of the molecule is O=C(c1ccccc1)c1ccc(OCc2nc(-c3ccccc3)no2)cc1. The molecule has 4 rings (SSSR count). The van der Waals surface area contributed by atoms with E-state index < -0.39 is 0 Å². The maximum atomic E-state index is 12.4. The highest BCUT2D eigenvalue weighted by Gasteiger charge is 2.10. The lowest BCUT2D eigenvalue weighted by atomic mass is 10.0. The zero-order valence-corrected chi connectivity index (χ0v) is 14.4. The molecule has 1 heterocycles. The molecule has 132 valence electrons. The van der Waals surface area contributed by atoms with E-state index in [4.69, 9.17) is 9.26 Å². The summed E-state index contributed by atoms with van der Waals surface area (Å²) < 4.78 is 10.9. The fraction of sp³-hybridized carbons (Fsp3) is 0.0455. The van der Waals surface area contributed by atoms with E-state index >= 15 is 0 Å². The van der Waals surface area contributed by atoms with Crippen molar-refractivity contribution in [2.75, 3.05) is 0 Å². The predicted octanol–water partition coefficient (Wildman–Crippen LogP) is 4.55. The zero-order chi connectivity index (χ0) is 18.5. The second-order valence-corrected chi connectivity index (χ2v) is 5.89. The average Bonchev–Trinajstić information content (AvgIpc) is 3.22. The molecular formula is C22H16N2O3. The third-order valence-electron chi connectivity index (χ3n) is 4.01. The molecule has 0 aliphatic heterocycles. The van der Waals surface area contributed by atoms with Crippen molar-refractivity contribution in [2.24, 2.45) is 0 Å². The van der Waals surface area contributed by atoms with Gasteiger partial charge in [0.25, 0.3) is 5.89 Å². The first-order valence-electron chi connectivity index (χ1n) is 8.50. The molecule has 0 bridgehead atoms. The third-order valence-corrected chi connectivity index (χ3v) is 4.01. The summed E-state index contributed by atoms with van der Waals surface area (Å²) in [4.78, 5) is 16.7. The number of rotatable bonds is 6. The third kappa shape index (κ3) is 3.93. The van der Waals surface area contributed by atoms with Crippen molar-refractivity contribution in [3.63, 3.8) is 0 Å². The Morgan fingerprint density at radius 1 is 0.815 bits per heavy atom. The molecule has 0 saturated heterocycles. The normalized spacial score (nSPS) is 10.5. The van der Waals surface area contributed by atoms with E-state index in [1.165, 1.54) is 0 Å². The number of hydrogen-bond donors (Lipinski definition) is 0. The van der Waals surface area contributed by atoms with Crippen LogP contribution < -0.4 is 4.74 Å². The molecule has 5 nitrogen and oxygen atoms in total. The van der Waals surface area contributed by atoms with Crippen molar-refractivity contribution in [1.82, 2.24) is 10.1 Å². The minimum absolute atomic E-state index is 0.0217. The van der Waals surface area contributed by atoms with Crippen LogP contribution in [0.5, 0.6) is 5.75 Å². The second-order valence-electron chi connectivity index (χ2n) is 5.89. The number of ether oxygens (including phenoxy) is 1. The van der Waals surface area contributed by atoms with Gasteiger partial charge in [-0.05, 0) is 24.3 Å². The van der Waals surface area contributed by atoms with Crippen molar-refractivity contribution in [2.45, 2.75) is 6.61 Å². The molecule has 0 unspecified atom stereocenters. The predicted molar refractivity (Wildman–Crippen MR) is 100 cm³/mol. The Morgan fingerprint density at radius 3 is 2.15 bits per heavy atom. The van der Waals surface area contributed by atoms with Gasteiger partial charge in [0.1, 0.15) is 5.75 Å². The Balaban J connectivity index is 1.39. The van der Waals surface area contributed by atoms with Crippen molar-refractivity contribution in [3.05, 3.63) is 102 Å².